The van der Waals surface area contributed by atoms with Crippen LogP contribution in [0.2, 0.25) is 0 Å². The second-order valence-corrected chi connectivity index (χ2v) is 5.00. The second kappa shape index (κ2) is 5.92. The Morgan fingerprint density at radius 2 is 1.74 bits per heavy atom. The molecule has 0 radical (unpaired) electrons. The molecule has 0 aromatic heterocycles. The second-order valence-electron chi connectivity index (χ2n) is 5.00. The molecular formula is C14H19F3N2. The van der Waals surface area contributed by atoms with Crippen LogP contribution in [0.4, 0.5) is 13.2 Å². The van der Waals surface area contributed by atoms with Crippen LogP contribution in [0, 0.1) is 0 Å². The standard InChI is InChI=1S/C14H19F3N2/c1-19(12-7-9-18-10-8-12)13(14(15,16)17)11-5-3-2-4-6-11/h2-6,12-13,18H,7-10H2,1H3. The number of halogens is 3. The summed E-state index contributed by atoms with van der Waals surface area (Å²) in [5.74, 6) is 0. The van der Waals surface area contributed by atoms with Crippen molar-refractivity contribution in [3.63, 3.8) is 0 Å². The van der Waals surface area contributed by atoms with Gasteiger partial charge in [0.15, 0.2) is 0 Å². The molecule has 0 amide bonds. The molecule has 0 bridgehead atoms. The van der Waals surface area contributed by atoms with Gasteiger partial charge in [-0.1, -0.05) is 30.3 Å². The summed E-state index contributed by atoms with van der Waals surface area (Å²) in [6.45, 7) is 1.57. The van der Waals surface area contributed by atoms with Crippen molar-refractivity contribution in [1.82, 2.24) is 10.2 Å². The van der Waals surface area contributed by atoms with Crippen LogP contribution in [0.5, 0.6) is 0 Å². The van der Waals surface area contributed by atoms with E-state index in [4.69, 9.17) is 0 Å². The van der Waals surface area contributed by atoms with Crippen LogP contribution < -0.4 is 5.32 Å². The minimum Gasteiger partial charge on any atom is -0.317 e. The number of hydrogen-bond acceptors (Lipinski definition) is 2. The molecule has 106 valence electrons. The van der Waals surface area contributed by atoms with Gasteiger partial charge in [0.05, 0.1) is 0 Å². The highest BCUT2D eigenvalue weighted by atomic mass is 19.4. The first kappa shape index (κ1) is 14.3. The van der Waals surface area contributed by atoms with Gasteiger partial charge >= 0.3 is 6.18 Å². The van der Waals surface area contributed by atoms with Gasteiger partial charge in [0.1, 0.15) is 6.04 Å². The van der Waals surface area contributed by atoms with Crippen molar-refractivity contribution >= 4 is 0 Å². The lowest BCUT2D eigenvalue weighted by Crippen LogP contribution is -2.46. The molecule has 1 aromatic carbocycles. The highest BCUT2D eigenvalue weighted by molar-refractivity contribution is 5.20. The Morgan fingerprint density at radius 1 is 1.16 bits per heavy atom. The average Bonchev–Trinajstić information content (AvgIpc) is 2.39. The zero-order chi connectivity index (χ0) is 13.9. The average molecular weight is 272 g/mol. The van der Waals surface area contributed by atoms with Crippen LogP contribution in [-0.4, -0.2) is 37.3 Å². The summed E-state index contributed by atoms with van der Waals surface area (Å²) in [5, 5.41) is 3.18. The summed E-state index contributed by atoms with van der Waals surface area (Å²) in [6, 6.07) is 6.62. The molecule has 1 aliphatic heterocycles. The van der Waals surface area contributed by atoms with Gasteiger partial charge in [0.25, 0.3) is 0 Å². The van der Waals surface area contributed by atoms with Crippen molar-refractivity contribution in [2.75, 3.05) is 20.1 Å². The van der Waals surface area contributed by atoms with Crippen molar-refractivity contribution < 1.29 is 13.2 Å². The summed E-state index contributed by atoms with van der Waals surface area (Å²) >= 11 is 0. The van der Waals surface area contributed by atoms with Crippen molar-refractivity contribution in [2.24, 2.45) is 0 Å². The maximum absolute atomic E-state index is 13.4. The van der Waals surface area contributed by atoms with Gasteiger partial charge in [-0.05, 0) is 38.5 Å². The van der Waals surface area contributed by atoms with Gasteiger partial charge in [0.2, 0.25) is 0 Å². The zero-order valence-electron chi connectivity index (χ0n) is 11.0. The zero-order valence-corrected chi connectivity index (χ0v) is 11.0. The van der Waals surface area contributed by atoms with E-state index < -0.39 is 12.2 Å². The topological polar surface area (TPSA) is 15.3 Å². The number of nitrogens with zero attached hydrogens (tertiary/aromatic N) is 1. The Hall–Kier alpha value is -1.07. The van der Waals surface area contributed by atoms with E-state index in [0.29, 0.717) is 5.56 Å². The van der Waals surface area contributed by atoms with Gasteiger partial charge < -0.3 is 5.32 Å². The molecule has 0 spiro atoms. The maximum Gasteiger partial charge on any atom is 0.408 e. The highest BCUT2D eigenvalue weighted by Gasteiger charge is 2.45. The Labute approximate surface area is 111 Å². The lowest BCUT2D eigenvalue weighted by molar-refractivity contribution is -0.189. The van der Waals surface area contributed by atoms with Crippen LogP contribution in [0.1, 0.15) is 24.4 Å². The Morgan fingerprint density at radius 3 is 2.26 bits per heavy atom. The molecule has 1 heterocycles. The minimum absolute atomic E-state index is 0.0203. The third kappa shape index (κ3) is 3.48. The summed E-state index contributed by atoms with van der Waals surface area (Å²) < 4.78 is 40.1. The first-order chi connectivity index (χ1) is 9.00. The van der Waals surface area contributed by atoms with Gasteiger partial charge in [-0.3, -0.25) is 4.90 Å². The van der Waals surface area contributed by atoms with Crippen LogP contribution in [0.25, 0.3) is 0 Å². The Kier molecular flexibility index (Phi) is 4.47. The number of piperidine rings is 1. The summed E-state index contributed by atoms with van der Waals surface area (Å²) in [7, 11) is 1.58. The number of benzene rings is 1. The molecule has 1 aromatic rings. The number of alkyl halides is 3. The van der Waals surface area contributed by atoms with Crippen LogP contribution in [0.3, 0.4) is 0 Å². The van der Waals surface area contributed by atoms with Crippen LogP contribution in [-0.2, 0) is 0 Å². The van der Waals surface area contributed by atoms with Gasteiger partial charge in [-0.15, -0.1) is 0 Å². The Balaban J connectivity index is 2.23. The quantitative estimate of drug-likeness (QED) is 0.910. The predicted octanol–water partition coefficient (Wildman–Crippen LogP) is 2.97. The molecule has 0 aliphatic carbocycles. The highest BCUT2D eigenvalue weighted by Crippen LogP contribution is 2.38. The fraction of sp³-hybridized carbons (Fsp3) is 0.571. The fourth-order valence-electron chi connectivity index (χ4n) is 2.72. The van der Waals surface area contributed by atoms with E-state index in [9.17, 15) is 13.2 Å². The van der Waals surface area contributed by atoms with E-state index in [-0.39, 0.29) is 6.04 Å². The SMILES string of the molecule is CN(C1CCNCC1)C(c1ccccc1)C(F)(F)F. The molecule has 1 saturated heterocycles. The van der Waals surface area contributed by atoms with E-state index in [1.807, 2.05) is 0 Å². The largest absolute Gasteiger partial charge is 0.408 e. The van der Waals surface area contributed by atoms with Crippen molar-refractivity contribution in [3.8, 4) is 0 Å². The van der Waals surface area contributed by atoms with Crippen LogP contribution in [0.15, 0.2) is 30.3 Å². The predicted molar refractivity (Wildman–Crippen MR) is 68.9 cm³/mol. The van der Waals surface area contributed by atoms with Crippen molar-refractivity contribution in [2.45, 2.75) is 31.1 Å². The molecule has 2 nitrogen and oxygen atoms in total. The van der Waals surface area contributed by atoms with E-state index in [1.54, 1.807) is 37.4 Å². The van der Waals surface area contributed by atoms with Crippen molar-refractivity contribution in [1.29, 1.82) is 0 Å². The normalized spacial score (nSPS) is 19.6. The number of hydrogen-bond donors (Lipinski definition) is 1. The van der Waals surface area contributed by atoms with Crippen molar-refractivity contribution in [3.05, 3.63) is 35.9 Å². The minimum atomic E-state index is -4.25. The molecule has 1 unspecified atom stereocenters. The summed E-state index contributed by atoms with van der Waals surface area (Å²) in [5.41, 5.74) is 0.316. The molecule has 19 heavy (non-hydrogen) atoms. The van der Waals surface area contributed by atoms with Gasteiger partial charge in [0, 0.05) is 6.04 Å². The maximum atomic E-state index is 13.4. The van der Waals surface area contributed by atoms with Gasteiger partial charge in [-0.2, -0.15) is 13.2 Å². The number of nitrogens with one attached hydrogen (secondary N) is 1. The lowest BCUT2D eigenvalue weighted by atomic mass is 9.99. The fourth-order valence-corrected chi connectivity index (χ4v) is 2.72. The molecule has 2 rings (SSSR count). The lowest BCUT2D eigenvalue weighted by Gasteiger charge is -2.38. The first-order valence-corrected chi connectivity index (χ1v) is 6.54. The smallest absolute Gasteiger partial charge is 0.317 e. The number of rotatable bonds is 3. The third-order valence-corrected chi connectivity index (χ3v) is 3.72. The Bertz CT molecular complexity index is 385. The van der Waals surface area contributed by atoms with E-state index in [1.165, 1.54) is 4.90 Å². The molecule has 0 saturated carbocycles. The molecule has 1 aliphatic rings. The molecule has 5 heteroatoms. The van der Waals surface area contributed by atoms with E-state index in [2.05, 4.69) is 5.32 Å². The summed E-state index contributed by atoms with van der Waals surface area (Å²) in [6.07, 6.45) is -2.73. The van der Waals surface area contributed by atoms with E-state index >= 15 is 0 Å². The van der Waals surface area contributed by atoms with Gasteiger partial charge in [-0.25, -0.2) is 0 Å². The monoisotopic (exact) mass is 272 g/mol. The molecular weight excluding hydrogens is 253 g/mol. The van der Waals surface area contributed by atoms with Crippen LogP contribution >= 0.6 is 0 Å². The van der Waals surface area contributed by atoms with E-state index in [0.717, 1.165) is 25.9 Å². The molecule has 1 N–H and O–H groups in total. The summed E-state index contributed by atoms with van der Waals surface area (Å²) in [4.78, 5) is 1.48. The molecule has 1 atom stereocenters. The third-order valence-electron chi connectivity index (χ3n) is 3.72. The first-order valence-electron chi connectivity index (χ1n) is 6.54. The molecule has 1 fully saturated rings.